The van der Waals surface area contributed by atoms with E-state index < -0.39 is 5.97 Å². The Kier molecular flexibility index (Phi) is 3.41. The van der Waals surface area contributed by atoms with Gasteiger partial charge in [-0.1, -0.05) is 6.92 Å². The van der Waals surface area contributed by atoms with Crippen molar-refractivity contribution < 1.29 is 14.3 Å². The first-order valence-electron chi connectivity index (χ1n) is 7.02. The fraction of sp³-hybridized carbons (Fsp3) is 0.467. The summed E-state index contributed by atoms with van der Waals surface area (Å²) in [7, 11) is 2.04. The van der Waals surface area contributed by atoms with Crippen LogP contribution >= 0.6 is 0 Å². The molecule has 1 aromatic heterocycles. The number of benzene rings is 1. The molecule has 21 heavy (non-hydrogen) atoms. The highest BCUT2D eigenvalue weighted by Crippen LogP contribution is 2.31. The number of nitrogens with zero attached hydrogens (tertiary/aromatic N) is 3. The first kappa shape index (κ1) is 14.0. The number of carboxylic acids is 1. The number of fused-ring (bicyclic) bond motifs is 1. The predicted octanol–water partition coefficient (Wildman–Crippen LogP) is 1.93. The molecule has 5 nitrogen and oxygen atoms in total. The standard InChI is InChI=1S/C15H18FN3O2/c1-9-7-18(2)8-14(9)19-13-5-10(16)3-4-11(13)12(17-19)6-15(20)21/h3-5,9,14H,6-8H2,1-2H3,(H,20,21)/t9-,14+/m1/s1. The van der Waals surface area contributed by atoms with Crippen molar-refractivity contribution >= 4 is 16.9 Å². The van der Waals surface area contributed by atoms with E-state index in [1.807, 2.05) is 11.7 Å². The van der Waals surface area contributed by atoms with E-state index >= 15 is 0 Å². The summed E-state index contributed by atoms with van der Waals surface area (Å²) < 4.78 is 15.4. The number of aliphatic carboxylic acids is 1. The highest BCUT2D eigenvalue weighted by atomic mass is 19.1. The molecule has 3 rings (SSSR count). The smallest absolute Gasteiger partial charge is 0.309 e. The quantitative estimate of drug-likeness (QED) is 0.938. The van der Waals surface area contributed by atoms with E-state index in [0.717, 1.165) is 18.5 Å². The Bertz CT molecular complexity index is 698. The Morgan fingerprint density at radius 2 is 2.24 bits per heavy atom. The third-order valence-corrected chi connectivity index (χ3v) is 4.13. The number of rotatable bonds is 3. The van der Waals surface area contributed by atoms with Crippen LogP contribution < -0.4 is 0 Å². The third kappa shape index (κ3) is 2.51. The average molecular weight is 291 g/mol. The maximum Gasteiger partial charge on any atom is 0.309 e. The minimum atomic E-state index is -0.928. The lowest BCUT2D eigenvalue weighted by Crippen LogP contribution is -2.18. The number of carbonyl (C=O) groups is 1. The number of aromatic nitrogens is 2. The van der Waals surface area contributed by atoms with Gasteiger partial charge in [-0.25, -0.2) is 4.39 Å². The molecular weight excluding hydrogens is 273 g/mol. The Hall–Kier alpha value is -1.95. The van der Waals surface area contributed by atoms with E-state index in [2.05, 4.69) is 16.9 Å². The van der Waals surface area contributed by atoms with Gasteiger partial charge < -0.3 is 10.0 Å². The lowest BCUT2D eigenvalue weighted by atomic mass is 10.1. The molecule has 112 valence electrons. The summed E-state index contributed by atoms with van der Waals surface area (Å²) in [4.78, 5) is 13.2. The second kappa shape index (κ2) is 5.11. The Morgan fingerprint density at radius 1 is 1.48 bits per heavy atom. The van der Waals surface area contributed by atoms with Gasteiger partial charge in [-0.15, -0.1) is 0 Å². The van der Waals surface area contributed by atoms with Gasteiger partial charge in [-0.05, 0) is 31.2 Å². The summed E-state index contributed by atoms with van der Waals surface area (Å²) in [5.74, 6) is -0.869. The maximum absolute atomic E-state index is 13.6. The van der Waals surface area contributed by atoms with E-state index in [0.29, 0.717) is 17.1 Å². The topological polar surface area (TPSA) is 58.4 Å². The second-order valence-corrected chi connectivity index (χ2v) is 5.89. The monoisotopic (exact) mass is 291 g/mol. The van der Waals surface area contributed by atoms with Gasteiger partial charge in [0.25, 0.3) is 0 Å². The van der Waals surface area contributed by atoms with Crippen molar-refractivity contribution in [3.63, 3.8) is 0 Å². The number of carboxylic acid groups (broad SMARTS) is 1. The molecule has 0 aliphatic carbocycles. The highest BCUT2D eigenvalue weighted by Gasteiger charge is 2.31. The second-order valence-electron chi connectivity index (χ2n) is 5.89. The fourth-order valence-corrected chi connectivity index (χ4v) is 3.21. The van der Waals surface area contributed by atoms with Crippen molar-refractivity contribution in [3.05, 3.63) is 29.7 Å². The van der Waals surface area contributed by atoms with Crippen LogP contribution in [0.3, 0.4) is 0 Å². The minimum absolute atomic E-state index is 0.141. The van der Waals surface area contributed by atoms with Crippen LogP contribution in [-0.4, -0.2) is 45.9 Å². The number of likely N-dealkylation sites (tertiary alicyclic amines) is 1. The molecule has 0 bridgehead atoms. The molecule has 0 amide bonds. The highest BCUT2D eigenvalue weighted by molar-refractivity contribution is 5.85. The molecule has 1 saturated heterocycles. The van der Waals surface area contributed by atoms with Crippen molar-refractivity contribution in [2.75, 3.05) is 20.1 Å². The van der Waals surface area contributed by atoms with Crippen LogP contribution in [-0.2, 0) is 11.2 Å². The van der Waals surface area contributed by atoms with E-state index in [9.17, 15) is 9.18 Å². The summed E-state index contributed by atoms with van der Waals surface area (Å²) in [6.07, 6.45) is -0.147. The largest absolute Gasteiger partial charge is 0.481 e. The first-order valence-corrected chi connectivity index (χ1v) is 7.02. The van der Waals surface area contributed by atoms with Crippen LogP contribution in [0.15, 0.2) is 18.2 Å². The van der Waals surface area contributed by atoms with E-state index in [4.69, 9.17) is 5.11 Å². The molecule has 1 aliphatic heterocycles. The van der Waals surface area contributed by atoms with Gasteiger partial charge >= 0.3 is 5.97 Å². The molecular formula is C15H18FN3O2. The Balaban J connectivity index is 2.13. The molecule has 1 N–H and O–H groups in total. The molecule has 0 unspecified atom stereocenters. The predicted molar refractivity (Wildman–Crippen MR) is 76.7 cm³/mol. The molecule has 0 radical (unpaired) electrons. The zero-order valence-electron chi connectivity index (χ0n) is 12.1. The molecule has 1 aromatic carbocycles. The van der Waals surface area contributed by atoms with Crippen LogP contribution in [0.25, 0.3) is 10.9 Å². The summed E-state index contributed by atoms with van der Waals surface area (Å²) in [5.41, 5.74) is 1.18. The fourth-order valence-electron chi connectivity index (χ4n) is 3.21. The maximum atomic E-state index is 13.6. The summed E-state index contributed by atoms with van der Waals surface area (Å²) >= 11 is 0. The molecule has 2 atom stereocenters. The van der Waals surface area contributed by atoms with Crippen LogP contribution in [0.4, 0.5) is 4.39 Å². The third-order valence-electron chi connectivity index (χ3n) is 4.13. The molecule has 1 fully saturated rings. The lowest BCUT2D eigenvalue weighted by molar-refractivity contribution is -0.136. The van der Waals surface area contributed by atoms with Gasteiger partial charge in [0.1, 0.15) is 5.82 Å². The van der Waals surface area contributed by atoms with Crippen LogP contribution in [0.5, 0.6) is 0 Å². The number of hydrogen-bond acceptors (Lipinski definition) is 3. The van der Waals surface area contributed by atoms with Gasteiger partial charge in [0.05, 0.1) is 23.7 Å². The summed E-state index contributed by atoms with van der Waals surface area (Å²) in [6, 6.07) is 4.56. The van der Waals surface area contributed by atoms with Gasteiger partial charge in [0.15, 0.2) is 0 Å². The lowest BCUT2D eigenvalue weighted by Gasteiger charge is -2.16. The van der Waals surface area contributed by atoms with E-state index in [1.165, 1.54) is 12.1 Å². The van der Waals surface area contributed by atoms with Crippen molar-refractivity contribution in [2.45, 2.75) is 19.4 Å². The number of halogens is 1. The van der Waals surface area contributed by atoms with E-state index in [-0.39, 0.29) is 18.3 Å². The van der Waals surface area contributed by atoms with Crippen LogP contribution in [0, 0.1) is 11.7 Å². The van der Waals surface area contributed by atoms with Crippen molar-refractivity contribution in [2.24, 2.45) is 5.92 Å². The van der Waals surface area contributed by atoms with Crippen LogP contribution in [0.2, 0.25) is 0 Å². The molecule has 2 heterocycles. The van der Waals surface area contributed by atoms with Crippen molar-refractivity contribution in [3.8, 4) is 0 Å². The number of hydrogen-bond donors (Lipinski definition) is 1. The summed E-state index contributed by atoms with van der Waals surface area (Å²) in [6.45, 7) is 3.93. The zero-order chi connectivity index (χ0) is 15.1. The SMILES string of the molecule is C[C@@H]1CN(C)C[C@@H]1n1nc(CC(=O)O)c2ccc(F)cc21. The van der Waals surface area contributed by atoms with Crippen molar-refractivity contribution in [1.82, 2.24) is 14.7 Å². The first-order chi connectivity index (χ1) is 9.95. The molecule has 1 aliphatic rings. The normalized spacial score (nSPS) is 23.0. The molecule has 0 saturated carbocycles. The number of likely N-dealkylation sites (N-methyl/N-ethyl adjacent to an activating group) is 1. The average Bonchev–Trinajstić information content (AvgIpc) is 2.89. The van der Waals surface area contributed by atoms with Gasteiger partial charge in [-0.2, -0.15) is 5.10 Å². The van der Waals surface area contributed by atoms with Gasteiger partial charge in [0.2, 0.25) is 0 Å². The van der Waals surface area contributed by atoms with Crippen LogP contribution in [0.1, 0.15) is 18.7 Å². The zero-order valence-corrected chi connectivity index (χ0v) is 12.1. The van der Waals surface area contributed by atoms with E-state index in [1.54, 1.807) is 6.07 Å². The van der Waals surface area contributed by atoms with Gasteiger partial charge in [-0.3, -0.25) is 9.48 Å². The molecule has 2 aromatic rings. The minimum Gasteiger partial charge on any atom is -0.481 e. The van der Waals surface area contributed by atoms with Crippen molar-refractivity contribution in [1.29, 1.82) is 0 Å². The molecule has 6 heteroatoms. The van der Waals surface area contributed by atoms with Gasteiger partial charge in [0, 0.05) is 18.5 Å². The molecule has 0 spiro atoms. The Morgan fingerprint density at radius 3 is 2.86 bits per heavy atom. The Labute approximate surface area is 122 Å². The summed E-state index contributed by atoms with van der Waals surface area (Å²) in [5, 5.41) is 14.2.